The molecule has 0 bridgehead atoms. The Hall–Kier alpha value is -1.26. The number of hydrogen-bond donors (Lipinski definition) is 1. The van der Waals surface area contributed by atoms with Gasteiger partial charge in [-0.1, -0.05) is 17.7 Å². The highest BCUT2D eigenvalue weighted by atomic mass is 35.5. The number of nitrogens with zero attached hydrogens (tertiary/aromatic N) is 2. The highest BCUT2D eigenvalue weighted by molar-refractivity contribution is 6.31. The van der Waals surface area contributed by atoms with Crippen LogP contribution in [0, 0.1) is 0 Å². The molecule has 4 nitrogen and oxygen atoms in total. The van der Waals surface area contributed by atoms with E-state index in [-0.39, 0.29) is 11.9 Å². The largest absolute Gasteiger partial charge is 0.362 e. The summed E-state index contributed by atoms with van der Waals surface area (Å²) in [5.41, 5.74) is 7.77. The van der Waals surface area contributed by atoms with E-state index in [1.807, 2.05) is 32.2 Å². The summed E-state index contributed by atoms with van der Waals surface area (Å²) in [4.78, 5) is 15.7. The van der Waals surface area contributed by atoms with E-state index in [9.17, 15) is 4.79 Å². The maximum atomic E-state index is 11.9. The molecule has 1 fully saturated rings. The molecular formula is C14H20ClN3O. The molecule has 0 aromatic heterocycles. The minimum absolute atomic E-state index is 0.0848. The number of amides is 1. The molecule has 1 aromatic carbocycles. The quantitative estimate of drug-likeness (QED) is 0.902. The lowest BCUT2D eigenvalue weighted by Crippen LogP contribution is -2.34. The summed E-state index contributed by atoms with van der Waals surface area (Å²) < 4.78 is 0. The van der Waals surface area contributed by atoms with Gasteiger partial charge in [-0.3, -0.25) is 4.79 Å². The van der Waals surface area contributed by atoms with Gasteiger partial charge >= 0.3 is 0 Å². The summed E-state index contributed by atoms with van der Waals surface area (Å²) in [5, 5.41) is 0.664. The molecule has 0 radical (unpaired) electrons. The lowest BCUT2D eigenvalue weighted by atomic mass is 10.1. The second kappa shape index (κ2) is 5.80. The first-order chi connectivity index (χ1) is 8.99. The van der Waals surface area contributed by atoms with Gasteiger partial charge < -0.3 is 15.5 Å². The van der Waals surface area contributed by atoms with Gasteiger partial charge in [0.05, 0.1) is 6.54 Å². The SMILES string of the molecule is CC(N)c1ccc(N2CCCN(C)C(=O)C2)cc1Cl. The summed E-state index contributed by atoms with van der Waals surface area (Å²) in [5.74, 6) is 0.143. The molecule has 1 aromatic rings. The fourth-order valence-corrected chi connectivity index (χ4v) is 2.64. The lowest BCUT2D eigenvalue weighted by molar-refractivity contribution is -0.127. The molecule has 1 aliphatic rings. The zero-order valence-electron chi connectivity index (χ0n) is 11.4. The van der Waals surface area contributed by atoms with Gasteiger partial charge in [0.15, 0.2) is 0 Å². The predicted octanol–water partition coefficient (Wildman–Crippen LogP) is 2.03. The molecule has 104 valence electrons. The summed E-state index contributed by atoms with van der Waals surface area (Å²) in [6.45, 7) is 3.99. The normalized spacial score (nSPS) is 18.4. The Balaban J connectivity index is 2.22. The Labute approximate surface area is 119 Å². The van der Waals surface area contributed by atoms with Crippen LogP contribution in [0.4, 0.5) is 5.69 Å². The molecule has 1 heterocycles. The average molecular weight is 282 g/mol. The van der Waals surface area contributed by atoms with E-state index in [4.69, 9.17) is 17.3 Å². The number of carbonyl (C=O) groups excluding carboxylic acids is 1. The molecule has 19 heavy (non-hydrogen) atoms. The van der Waals surface area contributed by atoms with E-state index in [2.05, 4.69) is 4.90 Å². The number of halogens is 1. The van der Waals surface area contributed by atoms with Gasteiger partial charge in [-0.05, 0) is 31.0 Å². The number of hydrogen-bond acceptors (Lipinski definition) is 3. The third-order valence-electron chi connectivity index (χ3n) is 3.51. The summed E-state index contributed by atoms with van der Waals surface area (Å²) in [6.07, 6.45) is 0.967. The van der Waals surface area contributed by atoms with Crippen LogP contribution in [-0.2, 0) is 4.79 Å². The second-order valence-electron chi connectivity index (χ2n) is 5.08. The molecule has 5 heteroatoms. The van der Waals surface area contributed by atoms with Crippen LogP contribution in [0.5, 0.6) is 0 Å². The smallest absolute Gasteiger partial charge is 0.241 e. The Morgan fingerprint density at radius 2 is 2.11 bits per heavy atom. The van der Waals surface area contributed by atoms with Crippen molar-refractivity contribution >= 4 is 23.2 Å². The molecule has 0 spiro atoms. The van der Waals surface area contributed by atoms with Crippen LogP contribution in [0.1, 0.15) is 24.9 Å². The van der Waals surface area contributed by atoms with Gasteiger partial charge in [0.2, 0.25) is 5.91 Å². The van der Waals surface area contributed by atoms with Crippen molar-refractivity contribution in [3.8, 4) is 0 Å². The van der Waals surface area contributed by atoms with E-state index in [1.165, 1.54) is 0 Å². The number of benzene rings is 1. The topological polar surface area (TPSA) is 49.6 Å². The van der Waals surface area contributed by atoms with Crippen molar-refractivity contribution < 1.29 is 4.79 Å². The highest BCUT2D eigenvalue weighted by Crippen LogP contribution is 2.27. The minimum Gasteiger partial charge on any atom is -0.362 e. The first-order valence-electron chi connectivity index (χ1n) is 6.53. The predicted molar refractivity (Wildman–Crippen MR) is 78.5 cm³/mol. The van der Waals surface area contributed by atoms with Gasteiger partial charge in [0, 0.05) is 36.9 Å². The Bertz CT molecular complexity index is 476. The molecule has 2 N–H and O–H groups in total. The van der Waals surface area contributed by atoms with E-state index in [1.54, 1.807) is 4.90 Å². The summed E-state index contributed by atoms with van der Waals surface area (Å²) >= 11 is 6.25. The molecule has 0 aliphatic carbocycles. The monoisotopic (exact) mass is 281 g/mol. The molecule has 1 aliphatic heterocycles. The van der Waals surface area contributed by atoms with Gasteiger partial charge in [0.25, 0.3) is 0 Å². The third-order valence-corrected chi connectivity index (χ3v) is 3.84. The van der Waals surface area contributed by atoms with E-state index < -0.39 is 0 Å². The van der Waals surface area contributed by atoms with E-state index >= 15 is 0 Å². The molecular weight excluding hydrogens is 262 g/mol. The molecule has 0 saturated carbocycles. The Morgan fingerprint density at radius 3 is 2.74 bits per heavy atom. The lowest BCUT2D eigenvalue weighted by Gasteiger charge is -2.23. The minimum atomic E-state index is -0.0848. The number of carbonyl (C=O) groups is 1. The van der Waals surface area contributed by atoms with Crippen LogP contribution in [0.2, 0.25) is 5.02 Å². The fraction of sp³-hybridized carbons (Fsp3) is 0.500. The number of nitrogens with two attached hydrogens (primary N) is 1. The molecule has 1 atom stereocenters. The van der Waals surface area contributed by atoms with Crippen molar-refractivity contribution in [1.82, 2.24) is 4.90 Å². The second-order valence-corrected chi connectivity index (χ2v) is 5.49. The average Bonchev–Trinajstić information content (AvgIpc) is 2.51. The number of rotatable bonds is 2. The Morgan fingerprint density at radius 1 is 1.37 bits per heavy atom. The van der Waals surface area contributed by atoms with Crippen LogP contribution < -0.4 is 10.6 Å². The number of likely N-dealkylation sites (N-methyl/N-ethyl adjacent to an activating group) is 1. The zero-order chi connectivity index (χ0) is 14.0. The van der Waals surface area contributed by atoms with Gasteiger partial charge in [-0.2, -0.15) is 0 Å². The van der Waals surface area contributed by atoms with Crippen molar-refractivity contribution in [2.24, 2.45) is 5.73 Å². The molecule has 1 unspecified atom stereocenters. The first kappa shape index (κ1) is 14.2. The van der Waals surface area contributed by atoms with Crippen LogP contribution in [0.3, 0.4) is 0 Å². The van der Waals surface area contributed by atoms with E-state index in [0.29, 0.717) is 11.6 Å². The summed E-state index contributed by atoms with van der Waals surface area (Å²) in [6, 6.07) is 5.75. The third kappa shape index (κ3) is 3.19. The van der Waals surface area contributed by atoms with Gasteiger partial charge in [-0.25, -0.2) is 0 Å². The van der Waals surface area contributed by atoms with E-state index in [0.717, 1.165) is 30.8 Å². The van der Waals surface area contributed by atoms with Crippen molar-refractivity contribution in [2.75, 3.05) is 31.6 Å². The summed E-state index contributed by atoms with van der Waals surface area (Å²) in [7, 11) is 1.85. The van der Waals surface area contributed by atoms with Gasteiger partial charge in [-0.15, -0.1) is 0 Å². The standard InChI is InChI=1S/C14H20ClN3O/c1-10(16)12-5-4-11(8-13(12)15)18-7-3-6-17(2)14(19)9-18/h4-5,8,10H,3,6-7,9,16H2,1-2H3. The van der Waals surface area contributed by atoms with Crippen LogP contribution in [0.15, 0.2) is 18.2 Å². The fourth-order valence-electron chi connectivity index (χ4n) is 2.29. The van der Waals surface area contributed by atoms with Crippen molar-refractivity contribution in [3.05, 3.63) is 28.8 Å². The Kier molecular flexibility index (Phi) is 4.32. The highest BCUT2D eigenvalue weighted by Gasteiger charge is 2.19. The van der Waals surface area contributed by atoms with Crippen molar-refractivity contribution in [1.29, 1.82) is 0 Å². The molecule has 1 saturated heterocycles. The first-order valence-corrected chi connectivity index (χ1v) is 6.91. The maximum absolute atomic E-state index is 11.9. The van der Waals surface area contributed by atoms with Crippen molar-refractivity contribution in [3.63, 3.8) is 0 Å². The molecule has 1 amide bonds. The van der Waals surface area contributed by atoms with Crippen molar-refractivity contribution in [2.45, 2.75) is 19.4 Å². The number of anilines is 1. The zero-order valence-corrected chi connectivity index (χ0v) is 12.2. The maximum Gasteiger partial charge on any atom is 0.241 e. The van der Waals surface area contributed by atoms with Gasteiger partial charge in [0.1, 0.15) is 0 Å². The molecule has 2 rings (SSSR count). The van der Waals surface area contributed by atoms with Crippen LogP contribution in [-0.4, -0.2) is 37.5 Å². The van der Waals surface area contributed by atoms with Crippen LogP contribution in [0.25, 0.3) is 0 Å². The van der Waals surface area contributed by atoms with Crippen LogP contribution >= 0.6 is 11.6 Å².